The molecule has 9 heteroatoms. The van der Waals surface area contributed by atoms with Crippen molar-refractivity contribution in [2.75, 3.05) is 31.2 Å². The fraction of sp³-hybridized carbons (Fsp3) is 0.568. The van der Waals surface area contributed by atoms with Crippen molar-refractivity contribution in [2.45, 2.75) is 83.8 Å². The van der Waals surface area contributed by atoms with Crippen molar-refractivity contribution in [3.63, 3.8) is 0 Å². The number of fused-ring (bicyclic) bond motifs is 4. The number of halogens is 1. The van der Waals surface area contributed by atoms with Gasteiger partial charge in [0.2, 0.25) is 0 Å². The van der Waals surface area contributed by atoms with Gasteiger partial charge < -0.3 is 19.5 Å². The molecule has 1 spiro atoms. The SMILES string of the molecule is C.CC1C/C=C/C(C=O)C2CCC2CN2C[C@@]3(CCCc4cc(Cl)ccc43)COc3ccc(cc32)C(=O)NS(=O)C1C.CCCO. The smallest absolute Gasteiger partial charge is 0.263 e. The van der Waals surface area contributed by atoms with Crippen LogP contribution in [0.15, 0.2) is 48.6 Å². The van der Waals surface area contributed by atoms with Gasteiger partial charge in [0.25, 0.3) is 5.91 Å². The summed E-state index contributed by atoms with van der Waals surface area (Å²) in [4.78, 5) is 28.0. The summed E-state index contributed by atoms with van der Waals surface area (Å²) in [6.45, 7) is 8.27. The van der Waals surface area contributed by atoms with Gasteiger partial charge in [-0.3, -0.25) is 9.52 Å². The van der Waals surface area contributed by atoms with Crippen molar-refractivity contribution in [3.8, 4) is 5.75 Å². The number of carbonyl (C=O) groups excluding carboxylic acids is 2. The first-order valence-corrected chi connectivity index (χ1v) is 18.0. The maximum Gasteiger partial charge on any atom is 0.263 e. The van der Waals surface area contributed by atoms with Crippen molar-refractivity contribution in [2.24, 2.45) is 23.7 Å². The Labute approximate surface area is 282 Å². The summed E-state index contributed by atoms with van der Waals surface area (Å²) < 4.78 is 22.4. The number of nitrogens with one attached hydrogen (secondary N) is 1. The average molecular weight is 671 g/mol. The molecule has 2 heterocycles. The minimum absolute atomic E-state index is 0. The highest BCUT2D eigenvalue weighted by molar-refractivity contribution is 7.84. The molecule has 1 amide bonds. The van der Waals surface area contributed by atoms with Crippen LogP contribution in [0.25, 0.3) is 0 Å². The molecule has 46 heavy (non-hydrogen) atoms. The molecule has 4 aliphatic rings. The van der Waals surface area contributed by atoms with Gasteiger partial charge in [-0.1, -0.05) is 51.1 Å². The summed E-state index contributed by atoms with van der Waals surface area (Å²) in [6, 6.07) is 11.8. The van der Waals surface area contributed by atoms with Gasteiger partial charge in [-0.2, -0.15) is 0 Å². The zero-order chi connectivity index (χ0) is 32.1. The van der Waals surface area contributed by atoms with Crippen LogP contribution in [0, 0.1) is 23.7 Å². The third kappa shape index (κ3) is 7.71. The van der Waals surface area contributed by atoms with Gasteiger partial charge in [0.15, 0.2) is 0 Å². The van der Waals surface area contributed by atoms with E-state index < -0.39 is 11.0 Å². The number of amides is 1. The van der Waals surface area contributed by atoms with E-state index in [4.69, 9.17) is 21.4 Å². The van der Waals surface area contributed by atoms with E-state index in [1.54, 1.807) is 6.07 Å². The predicted octanol–water partition coefficient (Wildman–Crippen LogP) is 7.06. The Kier molecular flexibility index (Phi) is 12.5. The first kappa shape index (κ1) is 36.2. The number of hydrogen-bond donors (Lipinski definition) is 2. The summed E-state index contributed by atoms with van der Waals surface area (Å²) in [5.41, 5.74) is 3.73. The first-order chi connectivity index (χ1) is 21.7. The molecule has 7 atom stereocenters. The van der Waals surface area contributed by atoms with Crippen LogP contribution in [0.5, 0.6) is 5.75 Å². The summed E-state index contributed by atoms with van der Waals surface area (Å²) in [5.74, 6) is 1.02. The van der Waals surface area contributed by atoms with Gasteiger partial charge in [-0.15, -0.1) is 0 Å². The lowest BCUT2D eigenvalue weighted by Crippen LogP contribution is -2.49. The van der Waals surface area contributed by atoms with Crippen molar-refractivity contribution < 1.29 is 23.6 Å². The topological polar surface area (TPSA) is 95.9 Å². The normalized spacial score (nSPS) is 31.2. The van der Waals surface area contributed by atoms with E-state index >= 15 is 0 Å². The number of rotatable bonds is 2. The van der Waals surface area contributed by atoms with Crippen LogP contribution in [0.2, 0.25) is 5.02 Å². The van der Waals surface area contributed by atoms with E-state index in [2.05, 4.69) is 33.9 Å². The number of anilines is 1. The molecule has 0 saturated heterocycles. The van der Waals surface area contributed by atoms with Gasteiger partial charge in [0, 0.05) is 41.6 Å². The van der Waals surface area contributed by atoms with E-state index in [0.29, 0.717) is 31.1 Å². The fourth-order valence-electron chi connectivity index (χ4n) is 7.25. The van der Waals surface area contributed by atoms with Crippen molar-refractivity contribution in [3.05, 3.63) is 70.3 Å². The molecule has 0 radical (unpaired) electrons. The largest absolute Gasteiger partial charge is 0.490 e. The minimum Gasteiger partial charge on any atom is -0.490 e. The number of aryl methyl sites for hydroxylation is 1. The lowest BCUT2D eigenvalue weighted by molar-refractivity contribution is -0.112. The second-order valence-electron chi connectivity index (χ2n) is 13.3. The molecule has 1 saturated carbocycles. The van der Waals surface area contributed by atoms with Crippen molar-refractivity contribution >= 4 is 40.5 Å². The molecular weight excluding hydrogens is 620 g/mol. The predicted molar refractivity (Wildman–Crippen MR) is 188 cm³/mol. The fourth-order valence-corrected chi connectivity index (χ4v) is 8.47. The van der Waals surface area contributed by atoms with Gasteiger partial charge in [-0.25, -0.2) is 4.21 Å². The molecule has 2 aromatic rings. The molecular formula is C37H51ClN2O5S. The number of allylic oxidation sites excluding steroid dienone is 2. The number of benzene rings is 2. The second kappa shape index (κ2) is 15.9. The summed E-state index contributed by atoms with van der Waals surface area (Å²) >= 11 is 6.40. The number of nitrogens with zero attached hydrogens (tertiary/aromatic N) is 1. The number of ether oxygens (including phenoxy) is 1. The minimum atomic E-state index is -1.54. The Morgan fingerprint density at radius 1 is 1.20 bits per heavy atom. The second-order valence-corrected chi connectivity index (χ2v) is 15.3. The Morgan fingerprint density at radius 2 is 1.98 bits per heavy atom. The molecule has 252 valence electrons. The van der Waals surface area contributed by atoms with Crippen LogP contribution in [-0.4, -0.2) is 53.1 Å². The van der Waals surface area contributed by atoms with Crippen LogP contribution in [-0.2, 0) is 27.6 Å². The van der Waals surface area contributed by atoms with Gasteiger partial charge in [0.05, 0.1) is 17.5 Å². The number of hydrogen-bond acceptors (Lipinski definition) is 6. The Hall–Kier alpha value is -2.68. The number of aliphatic hydroxyl groups excluding tert-OH is 1. The molecule has 2 N–H and O–H groups in total. The molecule has 2 aliphatic carbocycles. The highest BCUT2D eigenvalue weighted by Gasteiger charge is 2.44. The third-order valence-electron chi connectivity index (χ3n) is 10.3. The maximum absolute atomic E-state index is 13.3. The number of aliphatic hydroxyl groups is 1. The van der Waals surface area contributed by atoms with Crippen molar-refractivity contribution in [1.29, 1.82) is 0 Å². The molecule has 2 bridgehead atoms. The van der Waals surface area contributed by atoms with E-state index in [0.717, 1.165) is 74.4 Å². The molecule has 0 aromatic heterocycles. The zero-order valence-corrected chi connectivity index (χ0v) is 28.2. The van der Waals surface area contributed by atoms with E-state index in [1.807, 2.05) is 39.0 Å². The van der Waals surface area contributed by atoms with Crippen LogP contribution in [0.3, 0.4) is 0 Å². The lowest BCUT2D eigenvalue weighted by atomic mass is 9.66. The molecule has 7 nitrogen and oxygen atoms in total. The molecule has 2 aliphatic heterocycles. The summed E-state index contributed by atoms with van der Waals surface area (Å²) in [6.07, 6.45) is 12.0. The van der Waals surface area contributed by atoms with E-state index in [-0.39, 0.29) is 41.8 Å². The van der Waals surface area contributed by atoms with Gasteiger partial charge >= 0.3 is 0 Å². The van der Waals surface area contributed by atoms with E-state index in [9.17, 15) is 13.8 Å². The maximum atomic E-state index is 13.3. The van der Waals surface area contributed by atoms with Gasteiger partial charge in [0.1, 0.15) is 23.0 Å². The van der Waals surface area contributed by atoms with Crippen LogP contribution < -0.4 is 14.4 Å². The summed E-state index contributed by atoms with van der Waals surface area (Å²) in [5, 5.41) is 8.40. The third-order valence-corrected chi connectivity index (χ3v) is 12.1. The standard InChI is InChI=1S/C33H39ClN2O4S.C3H8O.CH4/c1-21-5-3-6-26(18-37)28-11-8-25(28)17-36-19-33(14-4-7-23-15-27(34)10-12-29(23)33)20-40-31-13-9-24(16-30(31)36)32(38)35-41(39)22(21)2;1-2-3-4;/h3,6,9-10,12-13,15-16,18,21-22,25-26,28H,4-5,7-8,11,14,17,19-20H2,1-2H3,(H,35,38);4H,2-3H2,1H3;1H4/b6-3+;;/t21?,22?,25?,26?,28?,33-,41?;;/m0../s1. The highest BCUT2D eigenvalue weighted by Crippen LogP contribution is 2.47. The molecule has 2 aromatic carbocycles. The van der Waals surface area contributed by atoms with Crippen LogP contribution >= 0.6 is 11.6 Å². The number of aldehydes is 1. The summed E-state index contributed by atoms with van der Waals surface area (Å²) in [7, 11) is -1.54. The molecule has 6 unspecified atom stereocenters. The zero-order valence-electron chi connectivity index (χ0n) is 26.7. The Morgan fingerprint density at radius 3 is 2.67 bits per heavy atom. The highest BCUT2D eigenvalue weighted by atomic mass is 35.5. The van der Waals surface area contributed by atoms with Gasteiger partial charge in [-0.05, 0) is 111 Å². The van der Waals surface area contributed by atoms with Crippen molar-refractivity contribution in [1.82, 2.24) is 4.72 Å². The molecule has 6 rings (SSSR count). The average Bonchev–Trinajstić information content (AvgIpc) is 3.18. The number of carbonyl (C=O) groups is 2. The van der Waals surface area contributed by atoms with Crippen LogP contribution in [0.4, 0.5) is 5.69 Å². The van der Waals surface area contributed by atoms with E-state index in [1.165, 1.54) is 11.1 Å². The Bertz CT molecular complexity index is 1430. The Balaban J connectivity index is 0.000000909. The molecule has 1 fully saturated rings. The lowest BCUT2D eigenvalue weighted by Gasteiger charge is -2.45. The quantitative estimate of drug-likeness (QED) is 0.263. The van der Waals surface area contributed by atoms with Crippen LogP contribution in [0.1, 0.15) is 88.2 Å². The monoisotopic (exact) mass is 670 g/mol. The first-order valence-electron chi connectivity index (χ1n) is 16.4.